The zero-order chi connectivity index (χ0) is 15.8. The van der Waals surface area contributed by atoms with Crippen molar-refractivity contribution in [3.8, 4) is 11.5 Å². The Morgan fingerprint density at radius 1 is 1.24 bits per heavy atom. The number of alkyl halides is 3. The van der Waals surface area contributed by atoms with Crippen LogP contribution in [0.25, 0.3) is 0 Å². The van der Waals surface area contributed by atoms with E-state index in [1.807, 2.05) is 5.32 Å². The third kappa shape index (κ3) is 2.70. The second-order valence-electron chi connectivity index (χ2n) is 4.83. The van der Waals surface area contributed by atoms with Crippen LogP contribution in [0.3, 0.4) is 0 Å². The van der Waals surface area contributed by atoms with Gasteiger partial charge in [-0.3, -0.25) is 4.79 Å². The number of carbonyl (C=O) groups excluding carboxylic acids is 1. The van der Waals surface area contributed by atoms with E-state index in [0.29, 0.717) is 5.75 Å². The Kier molecular flexibility index (Phi) is 3.65. The van der Waals surface area contributed by atoms with Crippen molar-refractivity contribution in [2.75, 3.05) is 20.0 Å². The number of nitrogens with one attached hydrogen (secondary N) is 1. The summed E-state index contributed by atoms with van der Waals surface area (Å²) >= 11 is 0. The monoisotopic (exact) mass is 304 g/mol. The van der Waals surface area contributed by atoms with Crippen LogP contribution < -0.4 is 20.5 Å². The topological polar surface area (TPSA) is 73.6 Å². The van der Waals surface area contributed by atoms with E-state index in [2.05, 4.69) is 0 Å². The van der Waals surface area contributed by atoms with Crippen LogP contribution in [0.15, 0.2) is 12.1 Å². The molecule has 2 rings (SSSR count). The Morgan fingerprint density at radius 2 is 1.76 bits per heavy atom. The van der Waals surface area contributed by atoms with Crippen LogP contribution in [0.4, 0.5) is 18.9 Å². The van der Waals surface area contributed by atoms with E-state index < -0.39 is 17.6 Å². The summed E-state index contributed by atoms with van der Waals surface area (Å²) in [4.78, 5) is 12.0. The van der Waals surface area contributed by atoms with E-state index in [-0.39, 0.29) is 29.8 Å². The number of halogens is 3. The smallest absolute Gasteiger partial charge is 0.411 e. The number of benzene rings is 1. The third-order valence-corrected chi connectivity index (χ3v) is 3.45. The second-order valence-corrected chi connectivity index (χ2v) is 4.83. The summed E-state index contributed by atoms with van der Waals surface area (Å²) in [6.07, 6.45) is -4.74. The molecule has 116 valence electrons. The van der Waals surface area contributed by atoms with Gasteiger partial charge in [-0.2, -0.15) is 13.2 Å². The number of methoxy groups -OCH3 is 2. The lowest BCUT2D eigenvalue weighted by atomic mass is 10.1. The number of ether oxygens (including phenoxy) is 2. The number of hydrogen-bond acceptors (Lipinski definition) is 4. The fourth-order valence-electron chi connectivity index (χ4n) is 1.98. The maximum absolute atomic E-state index is 12.8. The van der Waals surface area contributed by atoms with Crippen molar-refractivity contribution in [3.63, 3.8) is 0 Å². The highest BCUT2D eigenvalue weighted by atomic mass is 19.4. The van der Waals surface area contributed by atoms with Gasteiger partial charge in [0.25, 0.3) is 5.91 Å². The van der Waals surface area contributed by atoms with E-state index in [4.69, 9.17) is 15.2 Å². The van der Waals surface area contributed by atoms with Crippen molar-refractivity contribution < 1.29 is 27.4 Å². The first kappa shape index (κ1) is 15.3. The molecule has 0 bridgehead atoms. The second kappa shape index (κ2) is 5.01. The number of hydrogen-bond donors (Lipinski definition) is 2. The van der Waals surface area contributed by atoms with Gasteiger partial charge in [-0.1, -0.05) is 0 Å². The van der Waals surface area contributed by atoms with Crippen molar-refractivity contribution in [2.24, 2.45) is 0 Å². The normalized spacial score (nSPS) is 16.2. The molecule has 1 aliphatic carbocycles. The number of anilines is 1. The molecule has 0 atom stereocenters. The Hall–Kier alpha value is -2.12. The largest absolute Gasteiger partial charge is 0.493 e. The number of carbonyl (C=O) groups is 1. The standard InChI is InChI=1S/C13H15F3N2O3/c1-20-9-5-7(8(17)6-10(9)21-2)11(19)18-12(3-4-12)13(14,15)16/h5-6H,3-4,17H2,1-2H3,(H,18,19). The molecule has 0 aromatic heterocycles. The molecule has 0 saturated heterocycles. The molecule has 0 radical (unpaired) electrons. The molecule has 1 fully saturated rings. The lowest BCUT2D eigenvalue weighted by Crippen LogP contribution is -2.48. The van der Waals surface area contributed by atoms with Crippen LogP contribution in [-0.4, -0.2) is 31.8 Å². The predicted octanol–water partition coefficient (Wildman–Crippen LogP) is 2.11. The highest BCUT2D eigenvalue weighted by molar-refractivity contribution is 6.00. The van der Waals surface area contributed by atoms with Crippen molar-refractivity contribution in [1.29, 1.82) is 0 Å². The van der Waals surface area contributed by atoms with Gasteiger partial charge in [0.1, 0.15) is 5.54 Å². The molecule has 0 spiro atoms. The molecule has 1 saturated carbocycles. The van der Waals surface area contributed by atoms with Gasteiger partial charge in [0.15, 0.2) is 11.5 Å². The van der Waals surface area contributed by atoms with Crippen molar-refractivity contribution in [2.45, 2.75) is 24.6 Å². The van der Waals surface area contributed by atoms with Crippen LogP contribution in [0.1, 0.15) is 23.2 Å². The van der Waals surface area contributed by atoms with E-state index in [0.717, 1.165) is 0 Å². The zero-order valence-corrected chi connectivity index (χ0v) is 11.5. The van der Waals surface area contributed by atoms with Crippen LogP contribution in [0.5, 0.6) is 11.5 Å². The Balaban J connectivity index is 2.28. The fourth-order valence-corrected chi connectivity index (χ4v) is 1.98. The summed E-state index contributed by atoms with van der Waals surface area (Å²) in [5, 5.41) is 2.01. The first-order valence-electron chi connectivity index (χ1n) is 6.15. The van der Waals surface area contributed by atoms with Gasteiger partial charge in [0.05, 0.1) is 19.8 Å². The molecule has 3 N–H and O–H groups in total. The fraction of sp³-hybridized carbons (Fsp3) is 0.462. The van der Waals surface area contributed by atoms with E-state index in [9.17, 15) is 18.0 Å². The number of amides is 1. The Morgan fingerprint density at radius 3 is 2.19 bits per heavy atom. The molecular weight excluding hydrogens is 289 g/mol. The van der Waals surface area contributed by atoms with E-state index in [1.165, 1.54) is 26.4 Å². The number of nitrogen functional groups attached to an aromatic ring is 1. The first-order chi connectivity index (χ1) is 9.74. The summed E-state index contributed by atoms with van der Waals surface area (Å²) in [5.74, 6) is -0.375. The van der Waals surface area contributed by atoms with Crippen molar-refractivity contribution in [3.05, 3.63) is 17.7 Å². The van der Waals surface area contributed by atoms with Gasteiger partial charge < -0.3 is 20.5 Å². The van der Waals surface area contributed by atoms with Gasteiger partial charge >= 0.3 is 6.18 Å². The summed E-state index contributed by atoms with van der Waals surface area (Å²) in [5.41, 5.74) is 3.49. The molecule has 1 aromatic carbocycles. The van der Waals surface area contributed by atoms with Crippen LogP contribution in [-0.2, 0) is 0 Å². The molecule has 21 heavy (non-hydrogen) atoms. The minimum absolute atomic E-state index is 0.0168. The zero-order valence-electron chi connectivity index (χ0n) is 11.5. The predicted molar refractivity (Wildman–Crippen MR) is 69.4 cm³/mol. The number of nitrogens with two attached hydrogens (primary N) is 1. The Bertz CT molecular complexity index is 569. The maximum Gasteiger partial charge on any atom is 0.411 e. The molecule has 1 amide bonds. The summed E-state index contributed by atoms with van der Waals surface area (Å²) in [7, 11) is 2.74. The third-order valence-electron chi connectivity index (χ3n) is 3.45. The van der Waals surface area contributed by atoms with Gasteiger partial charge in [-0.05, 0) is 18.9 Å². The molecule has 5 nitrogen and oxygen atoms in total. The van der Waals surface area contributed by atoms with Crippen LogP contribution in [0, 0.1) is 0 Å². The minimum atomic E-state index is -4.48. The van der Waals surface area contributed by atoms with E-state index >= 15 is 0 Å². The molecule has 8 heteroatoms. The average molecular weight is 304 g/mol. The molecule has 0 unspecified atom stereocenters. The van der Waals surface area contributed by atoms with Crippen LogP contribution in [0.2, 0.25) is 0 Å². The average Bonchev–Trinajstić information content (AvgIpc) is 3.18. The highest BCUT2D eigenvalue weighted by Gasteiger charge is 2.64. The van der Waals surface area contributed by atoms with Gasteiger partial charge in [0.2, 0.25) is 0 Å². The summed E-state index contributed by atoms with van der Waals surface area (Å²) in [6, 6.07) is 2.59. The summed E-state index contributed by atoms with van der Waals surface area (Å²) in [6.45, 7) is 0. The lowest BCUT2D eigenvalue weighted by Gasteiger charge is -2.21. The lowest BCUT2D eigenvalue weighted by molar-refractivity contribution is -0.163. The molecule has 0 aliphatic heterocycles. The van der Waals surface area contributed by atoms with Crippen molar-refractivity contribution >= 4 is 11.6 Å². The van der Waals surface area contributed by atoms with Gasteiger partial charge in [-0.15, -0.1) is 0 Å². The van der Waals surface area contributed by atoms with Crippen molar-refractivity contribution in [1.82, 2.24) is 5.32 Å². The molecular formula is C13H15F3N2O3. The van der Waals surface area contributed by atoms with Crippen LogP contribution >= 0.6 is 0 Å². The SMILES string of the molecule is COc1cc(N)c(C(=O)NC2(C(F)(F)F)CC2)cc1OC. The number of rotatable bonds is 4. The van der Waals surface area contributed by atoms with Gasteiger partial charge in [0, 0.05) is 11.8 Å². The minimum Gasteiger partial charge on any atom is -0.493 e. The molecule has 0 heterocycles. The highest BCUT2D eigenvalue weighted by Crippen LogP contribution is 2.49. The summed E-state index contributed by atoms with van der Waals surface area (Å²) < 4.78 is 48.6. The maximum atomic E-state index is 12.8. The molecule has 1 aromatic rings. The first-order valence-corrected chi connectivity index (χ1v) is 6.15. The Labute approximate surface area is 119 Å². The quantitative estimate of drug-likeness (QED) is 0.836. The van der Waals surface area contributed by atoms with E-state index in [1.54, 1.807) is 0 Å². The van der Waals surface area contributed by atoms with Gasteiger partial charge in [-0.25, -0.2) is 0 Å². The molecule has 1 aliphatic rings.